The van der Waals surface area contributed by atoms with Crippen molar-refractivity contribution in [1.29, 1.82) is 0 Å². The van der Waals surface area contributed by atoms with E-state index in [1.54, 1.807) is 0 Å². The lowest BCUT2D eigenvalue weighted by Gasteiger charge is -2.19. The molecule has 27 heavy (non-hydrogen) atoms. The fraction of sp³-hybridized carbons (Fsp3) is 0.500. The molecule has 0 unspecified atom stereocenters. The summed E-state index contributed by atoms with van der Waals surface area (Å²) in [5.74, 6) is 0.440. The average molecular weight is 390 g/mol. The van der Waals surface area contributed by atoms with Crippen LogP contribution in [0.15, 0.2) is 33.6 Å². The molecule has 1 aliphatic carbocycles. The molecular formula is C18H22N4O4S. The van der Waals surface area contributed by atoms with Gasteiger partial charge in [0, 0.05) is 24.6 Å². The molecule has 1 amide bonds. The number of carbonyl (C=O) groups is 1. The maximum atomic E-state index is 12.8. The highest BCUT2D eigenvalue weighted by atomic mass is 32.2. The summed E-state index contributed by atoms with van der Waals surface area (Å²) in [7, 11) is -3.53. The number of anilines is 1. The highest BCUT2D eigenvalue weighted by Gasteiger charge is 2.30. The molecule has 2 fully saturated rings. The van der Waals surface area contributed by atoms with Crippen LogP contribution >= 0.6 is 0 Å². The van der Waals surface area contributed by atoms with Crippen molar-refractivity contribution in [2.45, 2.75) is 49.3 Å². The van der Waals surface area contributed by atoms with Crippen molar-refractivity contribution in [3.63, 3.8) is 0 Å². The smallest absolute Gasteiger partial charge is 0.322 e. The standard InChI is InChI=1S/C18H22N4O4S/c23-16(19-18-21-20-17(26-18)14-5-6-14)13-7-9-15(10-8-13)27(24,25)22-11-3-1-2-4-12-22/h7-10,14H,1-6,11-12H2,(H,19,21,23). The third kappa shape index (κ3) is 4.03. The van der Waals surface area contributed by atoms with Crippen LogP contribution in [0.3, 0.4) is 0 Å². The van der Waals surface area contributed by atoms with Crippen molar-refractivity contribution in [1.82, 2.24) is 14.5 Å². The molecular weight excluding hydrogens is 368 g/mol. The third-order valence-corrected chi connectivity index (χ3v) is 6.82. The van der Waals surface area contributed by atoms with Crippen LogP contribution in [0.2, 0.25) is 0 Å². The van der Waals surface area contributed by atoms with E-state index < -0.39 is 15.9 Å². The molecule has 4 rings (SSSR count). The summed E-state index contributed by atoms with van der Waals surface area (Å²) in [5, 5.41) is 10.3. The van der Waals surface area contributed by atoms with Gasteiger partial charge >= 0.3 is 6.01 Å². The van der Waals surface area contributed by atoms with E-state index in [0.29, 0.717) is 30.5 Å². The zero-order valence-corrected chi connectivity index (χ0v) is 15.7. The predicted molar refractivity (Wildman–Crippen MR) is 97.9 cm³/mol. The summed E-state index contributed by atoms with van der Waals surface area (Å²) in [6, 6.07) is 6.00. The highest BCUT2D eigenvalue weighted by molar-refractivity contribution is 7.89. The highest BCUT2D eigenvalue weighted by Crippen LogP contribution is 2.39. The minimum Gasteiger partial charge on any atom is -0.408 e. The normalized spacial score (nSPS) is 18.8. The molecule has 0 atom stereocenters. The van der Waals surface area contributed by atoms with Gasteiger partial charge in [0.15, 0.2) is 0 Å². The summed E-state index contributed by atoms with van der Waals surface area (Å²) in [6.07, 6.45) is 5.94. The molecule has 1 saturated heterocycles. The molecule has 2 heterocycles. The summed E-state index contributed by atoms with van der Waals surface area (Å²) in [5.41, 5.74) is 0.330. The van der Waals surface area contributed by atoms with Crippen molar-refractivity contribution < 1.29 is 17.6 Å². The Morgan fingerprint density at radius 1 is 1.04 bits per heavy atom. The Bertz CT molecular complexity index is 911. The Morgan fingerprint density at radius 3 is 2.33 bits per heavy atom. The maximum absolute atomic E-state index is 12.8. The van der Waals surface area contributed by atoms with E-state index in [4.69, 9.17) is 4.42 Å². The molecule has 1 aliphatic heterocycles. The second-order valence-electron chi connectivity index (χ2n) is 7.02. The lowest BCUT2D eigenvalue weighted by molar-refractivity contribution is 0.102. The zero-order valence-electron chi connectivity index (χ0n) is 14.9. The molecule has 1 N–H and O–H groups in total. The van der Waals surface area contributed by atoms with Gasteiger partial charge in [0.1, 0.15) is 0 Å². The molecule has 0 bridgehead atoms. The van der Waals surface area contributed by atoms with Crippen LogP contribution in [-0.2, 0) is 10.0 Å². The topological polar surface area (TPSA) is 105 Å². The number of rotatable bonds is 5. The first-order valence-corrected chi connectivity index (χ1v) is 10.7. The molecule has 1 aromatic carbocycles. The second kappa shape index (κ2) is 7.40. The molecule has 144 valence electrons. The third-order valence-electron chi connectivity index (χ3n) is 4.91. The van der Waals surface area contributed by atoms with Crippen LogP contribution in [0, 0.1) is 0 Å². The van der Waals surface area contributed by atoms with Crippen LogP contribution in [0.25, 0.3) is 0 Å². The number of carbonyl (C=O) groups excluding carboxylic acids is 1. The van der Waals surface area contributed by atoms with Crippen molar-refractivity contribution in [3.8, 4) is 0 Å². The van der Waals surface area contributed by atoms with Gasteiger partial charge in [-0.25, -0.2) is 8.42 Å². The number of benzene rings is 1. The number of amides is 1. The van der Waals surface area contributed by atoms with Crippen LogP contribution < -0.4 is 5.32 Å². The average Bonchev–Trinajstić information content (AvgIpc) is 3.47. The van der Waals surface area contributed by atoms with Gasteiger partial charge in [0.25, 0.3) is 5.91 Å². The van der Waals surface area contributed by atoms with Gasteiger partial charge in [-0.05, 0) is 49.9 Å². The Kier molecular flexibility index (Phi) is 4.96. The van der Waals surface area contributed by atoms with E-state index in [0.717, 1.165) is 38.5 Å². The van der Waals surface area contributed by atoms with E-state index in [2.05, 4.69) is 15.5 Å². The number of hydrogen-bond acceptors (Lipinski definition) is 6. The van der Waals surface area contributed by atoms with Crippen molar-refractivity contribution in [3.05, 3.63) is 35.7 Å². The van der Waals surface area contributed by atoms with Gasteiger partial charge in [0.2, 0.25) is 15.9 Å². The Hall–Kier alpha value is -2.26. The number of sulfonamides is 1. The molecule has 1 aromatic heterocycles. The Morgan fingerprint density at radius 2 is 1.70 bits per heavy atom. The lowest BCUT2D eigenvalue weighted by Crippen LogP contribution is -2.31. The van der Waals surface area contributed by atoms with E-state index in [9.17, 15) is 13.2 Å². The van der Waals surface area contributed by atoms with Crippen molar-refractivity contribution in [2.75, 3.05) is 18.4 Å². The van der Waals surface area contributed by atoms with Crippen molar-refractivity contribution >= 4 is 21.9 Å². The number of hydrogen-bond donors (Lipinski definition) is 1. The van der Waals surface area contributed by atoms with Gasteiger partial charge in [-0.15, -0.1) is 5.10 Å². The first-order chi connectivity index (χ1) is 13.0. The van der Waals surface area contributed by atoms with Crippen molar-refractivity contribution in [2.24, 2.45) is 0 Å². The van der Waals surface area contributed by atoms with Crippen LogP contribution in [0.4, 0.5) is 6.01 Å². The zero-order chi connectivity index (χ0) is 18.9. The molecule has 2 aromatic rings. The Balaban J connectivity index is 1.44. The largest absolute Gasteiger partial charge is 0.408 e. The first-order valence-electron chi connectivity index (χ1n) is 9.29. The predicted octanol–water partition coefficient (Wildman–Crippen LogP) is 2.76. The SMILES string of the molecule is O=C(Nc1nnc(C2CC2)o1)c1ccc(S(=O)(=O)N2CCCCCC2)cc1. The fourth-order valence-corrected chi connectivity index (χ4v) is 4.68. The number of nitrogens with zero attached hydrogens (tertiary/aromatic N) is 3. The lowest BCUT2D eigenvalue weighted by atomic mass is 10.2. The van der Waals surface area contributed by atoms with Crippen LogP contribution in [-0.4, -0.2) is 41.9 Å². The second-order valence-corrected chi connectivity index (χ2v) is 8.95. The van der Waals surface area contributed by atoms with E-state index in [-0.39, 0.29) is 10.9 Å². The van der Waals surface area contributed by atoms with Crippen LogP contribution in [0.1, 0.15) is 60.7 Å². The van der Waals surface area contributed by atoms with Gasteiger partial charge in [0.05, 0.1) is 4.90 Å². The first kappa shape index (κ1) is 18.1. The Labute approximate surface area is 158 Å². The van der Waals surface area contributed by atoms with E-state index in [1.807, 2.05) is 0 Å². The monoisotopic (exact) mass is 390 g/mol. The molecule has 2 aliphatic rings. The number of nitrogens with one attached hydrogen (secondary N) is 1. The van der Waals surface area contributed by atoms with Crippen LogP contribution in [0.5, 0.6) is 0 Å². The molecule has 0 radical (unpaired) electrons. The van der Waals surface area contributed by atoms with Gasteiger partial charge in [-0.2, -0.15) is 4.31 Å². The molecule has 0 spiro atoms. The van der Waals surface area contributed by atoms with E-state index in [1.165, 1.54) is 28.6 Å². The summed E-state index contributed by atoms with van der Waals surface area (Å²) >= 11 is 0. The molecule has 1 saturated carbocycles. The molecule has 9 heteroatoms. The summed E-state index contributed by atoms with van der Waals surface area (Å²) in [4.78, 5) is 12.5. The quantitative estimate of drug-likeness (QED) is 0.841. The van der Waals surface area contributed by atoms with Gasteiger partial charge < -0.3 is 4.42 Å². The minimum atomic E-state index is -3.53. The minimum absolute atomic E-state index is 0.0585. The summed E-state index contributed by atoms with van der Waals surface area (Å²) in [6.45, 7) is 1.09. The fourth-order valence-electron chi connectivity index (χ4n) is 3.16. The molecule has 8 nitrogen and oxygen atoms in total. The number of aromatic nitrogens is 2. The van der Waals surface area contributed by atoms with E-state index >= 15 is 0 Å². The maximum Gasteiger partial charge on any atom is 0.322 e. The van der Waals surface area contributed by atoms with Gasteiger partial charge in [-0.3, -0.25) is 10.1 Å². The van der Waals surface area contributed by atoms with Gasteiger partial charge in [-0.1, -0.05) is 17.9 Å². The summed E-state index contributed by atoms with van der Waals surface area (Å²) < 4.78 is 32.5.